The molecule has 0 aliphatic carbocycles. The van der Waals surface area contributed by atoms with Crippen molar-refractivity contribution in [2.45, 2.75) is 11.1 Å². The number of halogens is 3. The van der Waals surface area contributed by atoms with E-state index in [0.717, 1.165) is 30.2 Å². The number of alkyl halides is 3. The smallest absolute Gasteiger partial charge is 0.416 e. The highest BCUT2D eigenvalue weighted by Gasteiger charge is 2.30. The molecule has 12 heteroatoms. The van der Waals surface area contributed by atoms with E-state index in [1.54, 1.807) is 0 Å². The van der Waals surface area contributed by atoms with Gasteiger partial charge in [0, 0.05) is 18.4 Å². The Morgan fingerprint density at radius 2 is 1.70 bits per heavy atom. The highest BCUT2D eigenvalue weighted by Crippen LogP contribution is 2.31. The second kappa shape index (κ2) is 9.03. The van der Waals surface area contributed by atoms with E-state index < -0.39 is 33.8 Å². The Kier molecular flexibility index (Phi) is 6.92. The lowest BCUT2D eigenvalue weighted by Crippen LogP contribution is -2.34. The lowest BCUT2D eigenvalue weighted by molar-refractivity contribution is -0.137. The van der Waals surface area contributed by atoms with Gasteiger partial charge in [-0.05, 0) is 36.4 Å². The van der Waals surface area contributed by atoms with Crippen LogP contribution in [0, 0.1) is 0 Å². The molecule has 0 radical (unpaired) electrons. The Hall–Kier alpha value is -3.28. The van der Waals surface area contributed by atoms with Gasteiger partial charge in [0.2, 0.25) is 5.91 Å². The Morgan fingerprint density at radius 1 is 1.07 bits per heavy atom. The van der Waals surface area contributed by atoms with Crippen LogP contribution < -0.4 is 10.0 Å². The number of sulfonamides is 1. The minimum Gasteiger partial charge on any atom is -0.453 e. The number of carbonyl (C=O) groups is 2. The molecule has 0 aliphatic rings. The van der Waals surface area contributed by atoms with E-state index in [0.29, 0.717) is 6.07 Å². The first-order valence-electron chi connectivity index (χ1n) is 8.31. The summed E-state index contributed by atoms with van der Waals surface area (Å²) in [4.78, 5) is 24.0. The number of rotatable bonds is 6. The third-order valence-corrected chi connectivity index (χ3v) is 5.12. The normalized spacial score (nSPS) is 11.5. The average molecular weight is 445 g/mol. The van der Waals surface area contributed by atoms with Gasteiger partial charge in [-0.1, -0.05) is 12.1 Å². The van der Waals surface area contributed by atoms with Crippen molar-refractivity contribution in [3.8, 4) is 0 Å². The highest BCUT2D eigenvalue weighted by atomic mass is 32.2. The lowest BCUT2D eigenvalue weighted by Gasteiger charge is -2.15. The van der Waals surface area contributed by atoms with Crippen molar-refractivity contribution in [2.24, 2.45) is 0 Å². The molecule has 2 N–H and O–H groups in total. The molecule has 2 aromatic rings. The summed E-state index contributed by atoms with van der Waals surface area (Å²) in [6.07, 6.45) is -5.35. The topological polar surface area (TPSA) is 105 Å². The number of benzene rings is 2. The molecular weight excluding hydrogens is 427 g/mol. The summed E-state index contributed by atoms with van der Waals surface area (Å²) in [6.45, 7) is -0.341. The first-order chi connectivity index (χ1) is 13.9. The van der Waals surface area contributed by atoms with Crippen LogP contribution in [0.1, 0.15) is 5.56 Å². The maximum Gasteiger partial charge on any atom is 0.416 e. The Morgan fingerprint density at radius 3 is 2.33 bits per heavy atom. The summed E-state index contributed by atoms with van der Waals surface area (Å²) in [7, 11) is -1.73. The van der Waals surface area contributed by atoms with Gasteiger partial charge in [0.1, 0.15) is 6.54 Å². The van der Waals surface area contributed by atoms with Crippen LogP contribution in [-0.4, -0.2) is 46.0 Å². The molecule has 0 saturated heterocycles. The van der Waals surface area contributed by atoms with Crippen LogP contribution in [0.5, 0.6) is 0 Å². The van der Waals surface area contributed by atoms with Crippen LogP contribution in [0.4, 0.5) is 29.3 Å². The number of amides is 2. The van der Waals surface area contributed by atoms with Gasteiger partial charge in [-0.25, -0.2) is 13.2 Å². The quantitative estimate of drug-likeness (QED) is 0.711. The first kappa shape index (κ1) is 23.0. The van der Waals surface area contributed by atoms with Crippen LogP contribution in [0.3, 0.4) is 0 Å². The number of hydrogen-bond donors (Lipinski definition) is 2. The molecule has 0 saturated carbocycles. The van der Waals surface area contributed by atoms with E-state index in [-0.39, 0.29) is 22.8 Å². The second-order valence-corrected chi connectivity index (χ2v) is 7.77. The summed E-state index contributed by atoms with van der Waals surface area (Å²) in [5.41, 5.74) is -1.15. The molecule has 2 rings (SSSR count). The molecule has 2 aromatic carbocycles. The van der Waals surface area contributed by atoms with Gasteiger partial charge < -0.3 is 15.0 Å². The fourth-order valence-corrected chi connectivity index (χ4v) is 3.45. The monoisotopic (exact) mass is 445 g/mol. The van der Waals surface area contributed by atoms with Crippen molar-refractivity contribution in [1.82, 2.24) is 4.90 Å². The minimum absolute atomic E-state index is 0.116. The number of ether oxygens (including phenoxy) is 1. The molecule has 0 heterocycles. The zero-order valence-corrected chi connectivity index (χ0v) is 16.7. The van der Waals surface area contributed by atoms with Gasteiger partial charge in [0.15, 0.2) is 0 Å². The Balaban J connectivity index is 2.16. The van der Waals surface area contributed by atoms with Crippen LogP contribution >= 0.6 is 0 Å². The molecule has 0 atom stereocenters. The predicted octanol–water partition coefficient (Wildman–Crippen LogP) is 3.14. The van der Waals surface area contributed by atoms with Crippen LogP contribution in [0.15, 0.2) is 53.4 Å². The van der Waals surface area contributed by atoms with Crippen LogP contribution in [-0.2, 0) is 25.7 Å². The van der Waals surface area contributed by atoms with Gasteiger partial charge in [0.25, 0.3) is 10.0 Å². The number of carbonyl (C=O) groups excluding carboxylic acids is 2. The van der Waals surface area contributed by atoms with Crippen molar-refractivity contribution >= 4 is 33.4 Å². The minimum atomic E-state index is -4.62. The molecule has 8 nitrogen and oxygen atoms in total. The van der Waals surface area contributed by atoms with Crippen LogP contribution in [0.2, 0.25) is 0 Å². The fraction of sp³-hybridized carbons (Fsp3) is 0.222. The van der Waals surface area contributed by atoms with E-state index in [1.807, 2.05) is 0 Å². The number of nitrogens with one attached hydrogen (secondary N) is 2. The molecule has 0 aliphatic heterocycles. The number of nitrogens with zero attached hydrogens (tertiary/aromatic N) is 1. The molecule has 0 unspecified atom stereocenters. The van der Waals surface area contributed by atoms with Gasteiger partial charge in [0.05, 0.1) is 17.6 Å². The Bertz CT molecular complexity index is 1040. The van der Waals surface area contributed by atoms with E-state index in [4.69, 9.17) is 0 Å². The van der Waals surface area contributed by atoms with E-state index >= 15 is 0 Å². The SMILES string of the molecule is COC(=O)N(C)CC(=O)Nc1cccc(S(=O)(=O)Nc2cccc(C(F)(F)F)c2)c1. The number of anilines is 2. The fourth-order valence-electron chi connectivity index (χ4n) is 2.35. The third kappa shape index (κ3) is 6.11. The van der Waals surface area contributed by atoms with E-state index in [9.17, 15) is 31.2 Å². The first-order valence-corrected chi connectivity index (χ1v) is 9.80. The summed E-state index contributed by atoms with van der Waals surface area (Å²) >= 11 is 0. The molecule has 0 bridgehead atoms. The molecule has 0 aromatic heterocycles. The zero-order valence-electron chi connectivity index (χ0n) is 15.9. The maximum absolute atomic E-state index is 12.8. The van der Waals surface area contributed by atoms with E-state index in [1.165, 1.54) is 31.3 Å². The van der Waals surface area contributed by atoms with Crippen molar-refractivity contribution < 1.29 is 35.9 Å². The number of hydrogen-bond acceptors (Lipinski definition) is 5. The lowest BCUT2D eigenvalue weighted by atomic mass is 10.2. The molecule has 2 amide bonds. The molecule has 162 valence electrons. The largest absolute Gasteiger partial charge is 0.453 e. The van der Waals surface area contributed by atoms with Crippen molar-refractivity contribution in [2.75, 3.05) is 30.7 Å². The summed E-state index contributed by atoms with van der Waals surface area (Å²) < 4.78 is 70.0. The van der Waals surface area contributed by atoms with Crippen molar-refractivity contribution in [3.63, 3.8) is 0 Å². The summed E-state index contributed by atoms with van der Waals surface area (Å²) in [5, 5.41) is 2.43. The van der Waals surface area contributed by atoms with Crippen molar-refractivity contribution in [1.29, 1.82) is 0 Å². The maximum atomic E-state index is 12.8. The molecular formula is C18H18F3N3O5S. The van der Waals surface area contributed by atoms with E-state index in [2.05, 4.69) is 14.8 Å². The number of likely N-dealkylation sites (N-methyl/N-ethyl adjacent to an activating group) is 1. The summed E-state index contributed by atoms with van der Waals surface area (Å²) in [6, 6.07) is 8.86. The summed E-state index contributed by atoms with van der Waals surface area (Å²) in [5.74, 6) is -0.608. The molecule has 0 fully saturated rings. The Labute approximate surface area is 170 Å². The highest BCUT2D eigenvalue weighted by molar-refractivity contribution is 7.92. The predicted molar refractivity (Wildman–Crippen MR) is 102 cm³/mol. The molecule has 0 spiro atoms. The van der Waals surface area contributed by atoms with Crippen LogP contribution in [0.25, 0.3) is 0 Å². The third-order valence-electron chi connectivity index (χ3n) is 3.74. The van der Waals surface area contributed by atoms with Gasteiger partial charge in [-0.2, -0.15) is 13.2 Å². The van der Waals surface area contributed by atoms with Gasteiger partial charge in [-0.3, -0.25) is 9.52 Å². The standard InChI is InChI=1S/C18H18F3N3O5S/c1-24(17(26)29-2)11-16(25)22-13-6-4-8-15(10-13)30(27,28)23-14-7-3-5-12(9-14)18(19,20)21/h3-10,23H,11H2,1-2H3,(H,22,25). The average Bonchev–Trinajstić information content (AvgIpc) is 2.66. The van der Waals surface area contributed by atoms with Crippen molar-refractivity contribution in [3.05, 3.63) is 54.1 Å². The number of methoxy groups -OCH3 is 1. The van der Waals surface area contributed by atoms with Gasteiger partial charge in [-0.15, -0.1) is 0 Å². The van der Waals surface area contributed by atoms with Gasteiger partial charge >= 0.3 is 12.3 Å². The second-order valence-electron chi connectivity index (χ2n) is 6.09. The zero-order chi connectivity index (χ0) is 22.5. The molecule has 30 heavy (non-hydrogen) atoms.